The van der Waals surface area contributed by atoms with Gasteiger partial charge in [0.05, 0.1) is 6.61 Å². The molecule has 0 N–H and O–H groups in total. The van der Waals surface area contributed by atoms with Gasteiger partial charge in [-0.05, 0) is 30.4 Å². The number of benzene rings is 1. The minimum atomic E-state index is -0.136. The average molecular weight is 316 g/mol. The number of ether oxygens (including phenoxy) is 1. The summed E-state index contributed by atoms with van der Waals surface area (Å²) in [7, 11) is 0. The number of hydrogen-bond donors (Lipinski definition) is 0. The Morgan fingerprint density at radius 1 is 1.09 bits per heavy atom. The Morgan fingerprint density at radius 2 is 1.78 bits per heavy atom. The number of rotatable bonds is 8. The second-order valence-electron chi connectivity index (χ2n) is 6.47. The fraction of sp³-hybridized carbons (Fsp3) is 0.600. The summed E-state index contributed by atoms with van der Waals surface area (Å²) in [5.74, 6) is 0.488. The molecule has 3 heteroatoms. The van der Waals surface area contributed by atoms with Gasteiger partial charge in [-0.15, -0.1) is 0 Å². The molecule has 0 radical (unpaired) electrons. The van der Waals surface area contributed by atoms with E-state index < -0.39 is 0 Å². The van der Waals surface area contributed by atoms with Crippen LogP contribution in [-0.4, -0.2) is 18.4 Å². The van der Waals surface area contributed by atoms with Crippen LogP contribution in [0, 0.1) is 5.92 Å². The third-order valence-electron chi connectivity index (χ3n) is 4.63. The third kappa shape index (κ3) is 5.81. The largest absolute Gasteiger partial charge is 0.465 e. The number of hydrogen-bond acceptors (Lipinski definition) is 3. The first-order valence-corrected chi connectivity index (χ1v) is 8.95. The van der Waals surface area contributed by atoms with E-state index in [0.717, 1.165) is 30.4 Å². The van der Waals surface area contributed by atoms with Crippen molar-refractivity contribution in [2.45, 2.75) is 64.7 Å². The molecule has 0 aromatic heterocycles. The first-order chi connectivity index (χ1) is 11.2. The van der Waals surface area contributed by atoms with Crippen molar-refractivity contribution in [3.8, 4) is 0 Å². The molecule has 3 nitrogen and oxygen atoms in total. The average Bonchev–Trinajstić information content (AvgIpc) is 2.57. The van der Waals surface area contributed by atoms with Crippen LogP contribution in [0.5, 0.6) is 0 Å². The van der Waals surface area contributed by atoms with Gasteiger partial charge in [0.25, 0.3) is 0 Å². The van der Waals surface area contributed by atoms with Gasteiger partial charge in [-0.3, -0.25) is 9.59 Å². The predicted molar refractivity (Wildman–Crippen MR) is 91.3 cm³/mol. The van der Waals surface area contributed by atoms with Crippen LogP contribution < -0.4 is 0 Å². The van der Waals surface area contributed by atoms with Gasteiger partial charge in [0.15, 0.2) is 0 Å². The van der Waals surface area contributed by atoms with Gasteiger partial charge in [-0.25, -0.2) is 0 Å². The summed E-state index contributed by atoms with van der Waals surface area (Å²) >= 11 is 0. The highest BCUT2D eigenvalue weighted by atomic mass is 16.5. The lowest BCUT2D eigenvalue weighted by molar-refractivity contribution is -0.143. The van der Waals surface area contributed by atoms with Crippen molar-refractivity contribution in [1.29, 1.82) is 0 Å². The van der Waals surface area contributed by atoms with Crippen LogP contribution >= 0.6 is 0 Å². The van der Waals surface area contributed by atoms with E-state index in [2.05, 4.69) is 0 Å². The highest BCUT2D eigenvalue weighted by Gasteiger charge is 2.21. The Hall–Kier alpha value is -1.64. The van der Waals surface area contributed by atoms with E-state index in [9.17, 15) is 9.59 Å². The zero-order valence-corrected chi connectivity index (χ0v) is 14.2. The second kappa shape index (κ2) is 9.49. The summed E-state index contributed by atoms with van der Waals surface area (Å²) in [5, 5.41) is 0. The van der Waals surface area contributed by atoms with E-state index >= 15 is 0 Å². The first-order valence-electron chi connectivity index (χ1n) is 8.95. The zero-order valence-electron chi connectivity index (χ0n) is 14.2. The lowest BCUT2D eigenvalue weighted by atomic mass is 9.83. The molecular formula is C20H28O3. The van der Waals surface area contributed by atoms with Gasteiger partial charge in [-0.1, -0.05) is 50.5 Å². The van der Waals surface area contributed by atoms with Crippen LogP contribution in [0.15, 0.2) is 24.3 Å². The molecule has 0 atom stereocenters. The minimum Gasteiger partial charge on any atom is -0.465 e. The van der Waals surface area contributed by atoms with Crippen LogP contribution in [-0.2, 0) is 27.2 Å². The van der Waals surface area contributed by atoms with Crippen LogP contribution in [0.25, 0.3) is 0 Å². The summed E-state index contributed by atoms with van der Waals surface area (Å²) in [6.07, 6.45) is 8.23. The second-order valence-corrected chi connectivity index (χ2v) is 6.47. The van der Waals surface area contributed by atoms with Crippen LogP contribution in [0.4, 0.5) is 0 Å². The van der Waals surface area contributed by atoms with Crippen LogP contribution in [0.2, 0.25) is 0 Å². The number of carbonyl (C=O) groups excluding carboxylic acids is 2. The molecule has 0 bridgehead atoms. The molecule has 0 saturated heterocycles. The topological polar surface area (TPSA) is 43.4 Å². The van der Waals surface area contributed by atoms with Gasteiger partial charge in [0.2, 0.25) is 0 Å². The molecule has 0 unspecified atom stereocenters. The van der Waals surface area contributed by atoms with Crippen molar-refractivity contribution in [3.63, 3.8) is 0 Å². The summed E-state index contributed by atoms with van der Waals surface area (Å²) in [6, 6.07) is 8.04. The fourth-order valence-corrected chi connectivity index (χ4v) is 3.28. The van der Waals surface area contributed by atoms with Crippen LogP contribution in [0.3, 0.4) is 0 Å². The molecular weight excluding hydrogens is 288 g/mol. The Labute approximate surface area is 139 Å². The monoisotopic (exact) mass is 316 g/mol. The maximum atomic E-state index is 12.5. The zero-order chi connectivity index (χ0) is 16.5. The van der Waals surface area contributed by atoms with Crippen molar-refractivity contribution in [1.82, 2.24) is 0 Å². The lowest BCUT2D eigenvalue weighted by Gasteiger charge is -2.20. The van der Waals surface area contributed by atoms with Crippen LogP contribution in [0.1, 0.15) is 63.0 Å². The van der Waals surface area contributed by atoms with E-state index in [1.807, 2.05) is 31.2 Å². The molecule has 23 heavy (non-hydrogen) atoms. The van der Waals surface area contributed by atoms with Crippen molar-refractivity contribution in [2.75, 3.05) is 6.61 Å². The molecule has 0 aliphatic heterocycles. The van der Waals surface area contributed by atoms with Gasteiger partial charge in [0, 0.05) is 25.2 Å². The third-order valence-corrected chi connectivity index (χ3v) is 4.63. The standard InChI is InChI=1S/C20H28O3/c1-2-8-20(22)23-14-13-16-9-6-7-12-18(16)15-19(21)17-10-4-3-5-11-17/h6-7,9,12,17H,2-5,8,10-11,13-15H2,1H3. The van der Waals surface area contributed by atoms with Gasteiger partial charge in [-0.2, -0.15) is 0 Å². The summed E-state index contributed by atoms with van der Waals surface area (Å²) in [6.45, 7) is 2.36. The molecule has 1 fully saturated rings. The van der Waals surface area contributed by atoms with Gasteiger partial charge in [0.1, 0.15) is 5.78 Å². The predicted octanol–water partition coefficient (Wildman–Crippen LogP) is 4.26. The molecule has 126 valence electrons. The lowest BCUT2D eigenvalue weighted by Crippen LogP contribution is -2.20. The quantitative estimate of drug-likeness (QED) is 0.673. The number of Topliss-reactive ketones (excluding diaryl/α,β-unsaturated/α-hetero) is 1. The Morgan fingerprint density at radius 3 is 2.48 bits per heavy atom. The molecule has 1 aliphatic rings. The Bertz CT molecular complexity index is 515. The SMILES string of the molecule is CCCC(=O)OCCc1ccccc1CC(=O)C1CCCCC1. The van der Waals surface area contributed by atoms with Gasteiger partial charge >= 0.3 is 5.97 Å². The molecule has 0 spiro atoms. The Kier molecular flexibility index (Phi) is 7.31. The van der Waals surface area contributed by atoms with E-state index in [-0.39, 0.29) is 11.9 Å². The maximum absolute atomic E-state index is 12.5. The van der Waals surface area contributed by atoms with Gasteiger partial charge < -0.3 is 4.74 Å². The number of ketones is 1. The number of carbonyl (C=O) groups is 2. The normalized spacial score (nSPS) is 15.3. The molecule has 1 aliphatic carbocycles. The van der Waals surface area contributed by atoms with Crippen molar-refractivity contribution in [3.05, 3.63) is 35.4 Å². The van der Waals surface area contributed by atoms with E-state index in [0.29, 0.717) is 31.7 Å². The van der Waals surface area contributed by atoms with E-state index in [1.54, 1.807) is 0 Å². The van der Waals surface area contributed by atoms with E-state index in [4.69, 9.17) is 4.74 Å². The molecule has 1 aromatic carbocycles. The van der Waals surface area contributed by atoms with Crippen molar-refractivity contribution < 1.29 is 14.3 Å². The summed E-state index contributed by atoms with van der Waals surface area (Å²) in [5.41, 5.74) is 2.22. The molecule has 1 aromatic rings. The minimum absolute atomic E-state index is 0.136. The highest BCUT2D eigenvalue weighted by molar-refractivity contribution is 5.83. The maximum Gasteiger partial charge on any atom is 0.305 e. The Balaban J connectivity index is 1.89. The fourth-order valence-electron chi connectivity index (χ4n) is 3.28. The summed E-state index contributed by atoms with van der Waals surface area (Å²) in [4.78, 5) is 23.9. The molecule has 0 heterocycles. The first kappa shape index (κ1) is 17.7. The highest BCUT2D eigenvalue weighted by Crippen LogP contribution is 2.26. The smallest absolute Gasteiger partial charge is 0.305 e. The molecule has 2 rings (SSSR count). The molecule has 0 amide bonds. The van der Waals surface area contributed by atoms with Crippen molar-refractivity contribution in [2.24, 2.45) is 5.92 Å². The van der Waals surface area contributed by atoms with E-state index in [1.165, 1.54) is 19.3 Å². The summed E-state index contributed by atoms with van der Waals surface area (Å²) < 4.78 is 5.24. The number of esters is 1. The molecule has 1 saturated carbocycles. The van der Waals surface area contributed by atoms with Crippen molar-refractivity contribution >= 4 is 11.8 Å².